The Morgan fingerprint density at radius 3 is 2.43 bits per heavy atom. The molecular formula is C23H34O12. The van der Waals surface area contributed by atoms with Crippen LogP contribution in [0.1, 0.15) is 25.8 Å². The van der Waals surface area contributed by atoms with Gasteiger partial charge in [-0.3, -0.25) is 4.79 Å². The third-order valence-corrected chi connectivity index (χ3v) is 6.26. The zero-order chi connectivity index (χ0) is 25.8. The van der Waals surface area contributed by atoms with Crippen molar-refractivity contribution in [1.29, 1.82) is 0 Å². The van der Waals surface area contributed by atoms with E-state index in [1.165, 1.54) is 0 Å². The molecule has 0 aliphatic carbocycles. The SMILES string of the molecule is CCC(C)C(=O)OCC1(O)COC(OC2C(Oc3ccc(CO)cc3)OC(CO)C(O)C2O)C1O. The van der Waals surface area contributed by atoms with Crippen LogP contribution in [0.5, 0.6) is 5.75 Å². The van der Waals surface area contributed by atoms with Crippen LogP contribution in [0.25, 0.3) is 0 Å². The van der Waals surface area contributed by atoms with Crippen molar-refractivity contribution in [2.45, 2.75) is 75.6 Å². The van der Waals surface area contributed by atoms with Gasteiger partial charge in [-0.05, 0) is 24.1 Å². The van der Waals surface area contributed by atoms with Crippen molar-refractivity contribution in [3.8, 4) is 5.75 Å². The van der Waals surface area contributed by atoms with E-state index in [4.69, 9.17) is 23.7 Å². The van der Waals surface area contributed by atoms with Gasteiger partial charge in [0.15, 0.2) is 18.0 Å². The van der Waals surface area contributed by atoms with Gasteiger partial charge in [-0.1, -0.05) is 26.0 Å². The number of carbonyl (C=O) groups excluding carboxylic acids is 1. The predicted octanol–water partition coefficient (Wildman–Crippen LogP) is -1.58. The van der Waals surface area contributed by atoms with Gasteiger partial charge in [-0.25, -0.2) is 0 Å². The van der Waals surface area contributed by atoms with Crippen molar-refractivity contribution in [3.63, 3.8) is 0 Å². The lowest BCUT2D eigenvalue weighted by atomic mass is 9.98. The number of hydrogen-bond acceptors (Lipinski definition) is 12. The van der Waals surface area contributed by atoms with E-state index in [0.29, 0.717) is 12.0 Å². The van der Waals surface area contributed by atoms with Crippen LogP contribution in [0.15, 0.2) is 24.3 Å². The van der Waals surface area contributed by atoms with Crippen LogP contribution in [0.3, 0.4) is 0 Å². The van der Waals surface area contributed by atoms with Crippen LogP contribution >= 0.6 is 0 Å². The van der Waals surface area contributed by atoms with Gasteiger partial charge in [0.25, 0.3) is 0 Å². The molecule has 198 valence electrons. The van der Waals surface area contributed by atoms with Crippen molar-refractivity contribution in [2.75, 3.05) is 19.8 Å². The molecule has 1 aromatic rings. The molecule has 35 heavy (non-hydrogen) atoms. The molecule has 12 nitrogen and oxygen atoms in total. The monoisotopic (exact) mass is 502 g/mol. The Bertz CT molecular complexity index is 819. The van der Waals surface area contributed by atoms with E-state index in [0.717, 1.165) is 0 Å². The molecule has 2 saturated heterocycles. The summed E-state index contributed by atoms with van der Waals surface area (Å²) in [6.07, 6.45) is -9.71. The van der Waals surface area contributed by atoms with Gasteiger partial charge in [0, 0.05) is 0 Å². The molecule has 0 saturated carbocycles. The minimum Gasteiger partial charge on any atom is -0.462 e. The first-order valence-electron chi connectivity index (χ1n) is 11.5. The topological polar surface area (TPSA) is 185 Å². The maximum atomic E-state index is 12.0. The lowest BCUT2D eigenvalue weighted by Crippen LogP contribution is -2.62. The van der Waals surface area contributed by atoms with Crippen LogP contribution < -0.4 is 4.74 Å². The fraction of sp³-hybridized carbons (Fsp3) is 0.696. The third kappa shape index (κ3) is 6.28. The molecule has 0 radical (unpaired) electrons. The molecule has 0 amide bonds. The lowest BCUT2D eigenvalue weighted by Gasteiger charge is -2.42. The van der Waals surface area contributed by atoms with Crippen molar-refractivity contribution >= 4 is 5.97 Å². The molecule has 1 aromatic carbocycles. The number of aliphatic hydroxyl groups excluding tert-OH is 5. The average molecular weight is 503 g/mol. The fourth-order valence-corrected chi connectivity index (χ4v) is 3.66. The fourth-order valence-electron chi connectivity index (χ4n) is 3.66. The van der Waals surface area contributed by atoms with Crippen LogP contribution in [0.4, 0.5) is 0 Å². The second-order valence-corrected chi connectivity index (χ2v) is 8.87. The summed E-state index contributed by atoms with van der Waals surface area (Å²) in [7, 11) is 0. The molecule has 9 atom stereocenters. The van der Waals surface area contributed by atoms with Crippen molar-refractivity contribution in [2.24, 2.45) is 5.92 Å². The smallest absolute Gasteiger partial charge is 0.308 e. The molecule has 2 heterocycles. The Morgan fingerprint density at radius 2 is 1.83 bits per heavy atom. The van der Waals surface area contributed by atoms with Crippen molar-refractivity contribution < 1.29 is 59.1 Å². The summed E-state index contributed by atoms with van der Waals surface area (Å²) < 4.78 is 27.5. The van der Waals surface area contributed by atoms with Gasteiger partial charge >= 0.3 is 5.97 Å². The molecule has 2 fully saturated rings. The van der Waals surface area contributed by atoms with Gasteiger partial charge in [0.1, 0.15) is 36.8 Å². The van der Waals surface area contributed by atoms with Gasteiger partial charge in [-0.2, -0.15) is 0 Å². The van der Waals surface area contributed by atoms with E-state index in [-0.39, 0.29) is 18.3 Å². The van der Waals surface area contributed by atoms with Crippen molar-refractivity contribution in [3.05, 3.63) is 29.8 Å². The van der Waals surface area contributed by atoms with Crippen molar-refractivity contribution in [1.82, 2.24) is 0 Å². The molecule has 0 aromatic heterocycles. The molecular weight excluding hydrogens is 468 g/mol. The molecule has 2 aliphatic heterocycles. The molecule has 2 aliphatic rings. The van der Waals surface area contributed by atoms with E-state index in [1.807, 2.05) is 6.92 Å². The molecule has 6 N–H and O–H groups in total. The number of carbonyl (C=O) groups is 1. The molecule has 0 spiro atoms. The number of hydrogen-bond donors (Lipinski definition) is 6. The minimum atomic E-state index is -1.96. The summed E-state index contributed by atoms with van der Waals surface area (Å²) in [6.45, 7) is 1.74. The van der Waals surface area contributed by atoms with E-state index >= 15 is 0 Å². The summed E-state index contributed by atoms with van der Waals surface area (Å²) in [6, 6.07) is 6.30. The molecule has 12 heteroatoms. The second kappa shape index (κ2) is 11.9. The Labute approximate surface area is 202 Å². The summed E-state index contributed by atoms with van der Waals surface area (Å²) in [4.78, 5) is 12.0. The summed E-state index contributed by atoms with van der Waals surface area (Å²) in [5.74, 6) is -0.639. The van der Waals surface area contributed by atoms with E-state index < -0.39 is 74.5 Å². The molecule has 3 rings (SSSR count). The van der Waals surface area contributed by atoms with Gasteiger partial charge < -0.3 is 54.3 Å². The Morgan fingerprint density at radius 1 is 1.14 bits per heavy atom. The standard InChI is InChI=1S/C23H34O12/c1-3-12(2)20(29)31-10-23(30)11-32-22(19(23)28)35-18-17(27)16(26)15(9-25)34-21(18)33-14-6-4-13(8-24)5-7-14/h4-7,12,15-19,21-22,24-28,30H,3,8-11H2,1-2H3. The van der Waals surface area contributed by atoms with Crippen LogP contribution in [0, 0.1) is 5.92 Å². The van der Waals surface area contributed by atoms with Crippen LogP contribution in [-0.2, 0) is 30.3 Å². The average Bonchev–Trinajstić information content (AvgIpc) is 3.15. The van der Waals surface area contributed by atoms with Gasteiger partial charge in [0.05, 0.1) is 25.7 Å². The number of rotatable bonds is 10. The first-order valence-corrected chi connectivity index (χ1v) is 11.5. The largest absolute Gasteiger partial charge is 0.462 e. The molecule has 9 unspecified atom stereocenters. The quantitative estimate of drug-likeness (QED) is 0.202. The second-order valence-electron chi connectivity index (χ2n) is 8.87. The first-order chi connectivity index (χ1) is 16.6. The van der Waals surface area contributed by atoms with Gasteiger partial charge in [-0.15, -0.1) is 0 Å². The van der Waals surface area contributed by atoms with Gasteiger partial charge in [0.2, 0.25) is 6.29 Å². The lowest BCUT2D eigenvalue weighted by molar-refractivity contribution is -0.318. The summed E-state index contributed by atoms with van der Waals surface area (Å²) in [5, 5.41) is 61.1. The third-order valence-electron chi connectivity index (χ3n) is 6.26. The highest BCUT2D eigenvalue weighted by molar-refractivity contribution is 5.71. The Balaban J connectivity index is 1.71. The Kier molecular flexibility index (Phi) is 9.43. The normalized spacial score (nSPS) is 36.1. The number of ether oxygens (including phenoxy) is 5. The zero-order valence-electron chi connectivity index (χ0n) is 19.6. The van der Waals surface area contributed by atoms with E-state index in [2.05, 4.69) is 0 Å². The highest BCUT2D eigenvalue weighted by Crippen LogP contribution is 2.32. The summed E-state index contributed by atoms with van der Waals surface area (Å²) in [5.41, 5.74) is -1.33. The van der Waals surface area contributed by atoms with Crippen LogP contribution in [-0.4, -0.2) is 105 Å². The summed E-state index contributed by atoms with van der Waals surface area (Å²) >= 11 is 0. The zero-order valence-corrected chi connectivity index (χ0v) is 19.6. The number of aliphatic hydroxyl groups is 6. The minimum absolute atomic E-state index is 0.171. The first kappa shape index (κ1) is 27.7. The van der Waals surface area contributed by atoms with E-state index in [9.17, 15) is 35.4 Å². The number of benzene rings is 1. The van der Waals surface area contributed by atoms with E-state index in [1.54, 1.807) is 31.2 Å². The number of esters is 1. The predicted molar refractivity (Wildman–Crippen MR) is 117 cm³/mol. The highest BCUT2D eigenvalue weighted by Gasteiger charge is 2.54. The maximum absolute atomic E-state index is 12.0. The van der Waals surface area contributed by atoms with Crippen LogP contribution in [0.2, 0.25) is 0 Å². The Hall–Kier alpha value is -1.87. The highest BCUT2D eigenvalue weighted by atomic mass is 16.8. The molecule has 0 bridgehead atoms. The maximum Gasteiger partial charge on any atom is 0.308 e.